The van der Waals surface area contributed by atoms with Crippen LogP contribution in [0.3, 0.4) is 0 Å². The number of carbonyl (C=O) groups is 1. The number of fused-ring (bicyclic) bond motifs is 3. The number of nitrogens with one attached hydrogen (secondary N) is 1. The number of carbonyl (C=O) groups excluding carboxylic acids is 1. The second-order valence-corrected chi connectivity index (χ2v) is 6.51. The third kappa shape index (κ3) is 2.05. The number of imidazole rings is 1. The van der Waals surface area contributed by atoms with Gasteiger partial charge in [0.15, 0.2) is 5.78 Å². The van der Waals surface area contributed by atoms with Gasteiger partial charge in [0.2, 0.25) is 5.95 Å². The minimum Gasteiger partial charge on any atom is -0.329 e. The molecular weight excluding hydrogens is 317 g/mol. The van der Waals surface area contributed by atoms with Crippen LogP contribution in [0, 0.1) is 5.82 Å². The van der Waals surface area contributed by atoms with E-state index >= 15 is 0 Å². The third-order valence-electron chi connectivity index (χ3n) is 5.05. The van der Waals surface area contributed by atoms with Crippen LogP contribution in [0.4, 0.5) is 10.3 Å². The lowest BCUT2D eigenvalue weighted by Crippen LogP contribution is -2.31. The Balaban J connectivity index is 1.85. The Morgan fingerprint density at radius 2 is 1.88 bits per heavy atom. The average Bonchev–Trinajstić information content (AvgIpc) is 2.99. The first-order valence-corrected chi connectivity index (χ1v) is 8.48. The highest BCUT2D eigenvalue weighted by molar-refractivity contribution is 6.00. The molecule has 0 radical (unpaired) electrons. The van der Waals surface area contributed by atoms with Crippen molar-refractivity contribution in [2.24, 2.45) is 0 Å². The molecule has 0 fully saturated rings. The van der Waals surface area contributed by atoms with Crippen LogP contribution >= 0.6 is 0 Å². The van der Waals surface area contributed by atoms with Crippen LogP contribution in [0.15, 0.2) is 59.8 Å². The second-order valence-electron chi connectivity index (χ2n) is 6.51. The summed E-state index contributed by atoms with van der Waals surface area (Å²) in [5.74, 6) is 0.455. The van der Waals surface area contributed by atoms with Crippen molar-refractivity contribution in [3.8, 4) is 0 Å². The molecule has 0 unspecified atom stereocenters. The number of halogens is 1. The molecule has 0 saturated heterocycles. The maximum atomic E-state index is 14.7. The van der Waals surface area contributed by atoms with Gasteiger partial charge in [0.05, 0.1) is 17.1 Å². The van der Waals surface area contributed by atoms with E-state index in [4.69, 9.17) is 0 Å². The Morgan fingerprint density at radius 3 is 2.76 bits per heavy atom. The average molecular weight is 333 g/mol. The first kappa shape index (κ1) is 14.4. The Morgan fingerprint density at radius 1 is 1.08 bits per heavy atom. The molecule has 0 amide bonds. The van der Waals surface area contributed by atoms with Crippen LogP contribution in [0.25, 0.3) is 11.0 Å². The number of ketones is 1. The molecule has 2 heterocycles. The number of para-hydroxylation sites is 2. The van der Waals surface area contributed by atoms with Crippen molar-refractivity contribution < 1.29 is 9.18 Å². The smallest absolute Gasteiger partial charge is 0.209 e. The zero-order chi connectivity index (χ0) is 17.0. The molecule has 0 saturated carbocycles. The molecule has 1 aromatic heterocycles. The number of Topliss-reactive ketones (excluding diaryl/α,β-unsaturated/α-hetero) is 1. The maximum Gasteiger partial charge on any atom is 0.209 e. The van der Waals surface area contributed by atoms with Crippen LogP contribution in [-0.4, -0.2) is 15.3 Å². The molecule has 0 bridgehead atoms. The van der Waals surface area contributed by atoms with Gasteiger partial charge in [-0.15, -0.1) is 0 Å². The van der Waals surface area contributed by atoms with Crippen molar-refractivity contribution in [2.75, 3.05) is 5.32 Å². The molecule has 124 valence electrons. The molecule has 1 aliphatic carbocycles. The topological polar surface area (TPSA) is 46.9 Å². The molecule has 4 nitrogen and oxygen atoms in total. The standard InChI is InChI=1S/C20H16FN3O/c21-13-7-2-1-6-12(13)19-18-15(9-5-11-17(18)25)23-20-22-14-8-3-4-10-16(14)24(19)20/h1-4,6-8,10,19H,5,9,11H2,(H,22,23)/t19-/m0/s1. The molecule has 1 N–H and O–H groups in total. The predicted molar refractivity (Wildman–Crippen MR) is 93.8 cm³/mol. The number of hydrogen-bond donors (Lipinski definition) is 1. The van der Waals surface area contributed by atoms with E-state index < -0.39 is 6.04 Å². The lowest BCUT2D eigenvalue weighted by Gasteiger charge is -2.34. The summed E-state index contributed by atoms with van der Waals surface area (Å²) in [6, 6.07) is 14.0. The van der Waals surface area contributed by atoms with E-state index in [0.717, 1.165) is 29.6 Å². The van der Waals surface area contributed by atoms with E-state index in [0.29, 0.717) is 23.5 Å². The predicted octanol–water partition coefficient (Wildman–Crippen LogP) is 4.20. The Hall–Kier alpha value is -2.95. The first-order valence-electron chi connectivity index (χ1n) is 8.48. The van der Waals surface area contributed by atoms with Crippen molar-refractivity contribution in [2.45, 2.75) is 25.3 Å². The highest BCUT2D eigenvalue weighted by Crippen LogP contribution is 2.43. The summed E-state index contributed by atoms with van der Waals surface area (Å²) in [6.07, 6.45) is 2.11. The second kappa shape index (κ2) is 5.28. The van der Waals surface area contributed by atoms with E-state index in [1.54, 1.807) is 12.1 Å². The van der Waals surface area contributed by atoms with E-state index in [-0.39, 0.29) is 11.6 Å². The van der Waals surface area contributed by atoms with E-state index in [2.05, 4.69) is 10.3 Å². The quantitative estimate of drug-likeness (QED) is 0.726. The summed E-state index contributed by atoms with van der Waals surface area (Å²) in [7, 11) is 0. The Kier molecular flexibility index (Phi) is 3.04. The molecule has 5 heteroatoms. The van der Waals surface area contributed by atoms with Gasteiger partial charge in [-0.25, -0.2) is 9.37 Å². The minimum absolute atomic E-state index is 0.0884. The van der Waals surface area contributed by atoms with Crippen LogP contribution in [-0.2, 0) is 4.79 Å². The molecule has 3 aromatic rings. The lowest BCUT2D eigenvalue weighted by atomic mass is 9.85. The monoisotopic (exact) mass is 333 g/mol. The molecule has 2 aliphatic rings. The van der Waals surface area contributed by atoms with Crippen molar-refractivity contribution in [1.29, 1.82) is 0 Å². The van der Waals surface area contributed by atoms with Gasteiger partial charge in [0.1, 0.15) is 5.82 Å². The largest absolute Gasteiger partial charge is 0.329 e. The number of benzene rings is 2. The SMILES string of the molecule is O=C1CCCC2=C1[C@H](c1ccccc1F)n1c(nc3ccccc31)N2. The number of allylic oxidation sites excluding steroid dienone is 2. The molecule has 1 atom stereocenters. The van der Waals surface area contributed by atoms with Crippen LogP contribution in [0.5, 0.6) is 0 Å². The van der Waals surface area contributed by atoms with Gasteiger partial charge in [-0.1, -0.05) is 30.3 Å². The van der Waals surface area contributed by atoms with Gasteiger partial charge in [-0.3, -0.25) is 9.36 Å². The van der Waals surface area contributed by atoms with Crippen molar-refractivity contribution in [3.05, 3.63) is 71.2 Å². The van der Waals surface area contributed by atoms with Crippen LogP contribution in [0.1, 0.15) is 30.9 Å². The fourth-order valence-electron chi connectivity index (χ4n) is 3.96. The Bertz CT molecular complexity index is 1050. The summed E-state index contributed by atoms with van der Waals surface area (Å²) in [6.45, 7) is 0. The maximum absolute atomic E-state index is 14.7. The van der Waals surface area contributed by atoms with Gasteiger partial charge in [0.25, 0.3) is 0 Å². The summed E-state index contributed by atoms with van der Waals surface area (Å²) in [5.41, 5.74) is 3.79. The third-order valence-corrected chi connectivity index (χ3v) is 5.05. The van der Waals surface area contributed by atoms with Crippen molar-refractivity contribution in [1.82, 2.24) is 9.55 Å². The number of anilines is 1. The van der Waals surface area contributed by atoms with Crippen molar-refractivity contribution in [3.63, 3.8) is 0 Å². The van der Waals surface area contributed by atoms with Crippen LogP contribution < -0.4 is 5.32 Å². The van der Waals surface area contributed by atoms with E-state index in [1.807, 2.05) is 34.9 Å². The molecular formula is C20H16FN3O. The molecule has 25 heavy (non-hydrogen) atoms. The van der Waals surface area contributed by atoms with Gasteiger partial charge in [0, 0.05) is 23.3 Å². The van der Waals surface area contributed by atoms with E-state index in [1.165, 1.54) is 6.07 Å². The highest BCUT2D eigenvalue weighted by atomic mass is 19.1. The summed E-state index contributed by atoms with van der Waals surface area (Å²) >= 11 is 0. The summed E-state index contributed by atoms with van der Waals surface area (Å²) < 4.78 is 16.6. The molecule has 2 aromatic carbocycles. The van der Waals surface area contributed by atoms with Gasteiger partial charge in [-0.05, 0) is 31.0 Å². The fourth-order valence-corrected chi connectivity index (χ4v) is 3.96. The van der Waals surface area contributed by atoms with Gasteiger partial charge < -0.3 is 5.32 Å². The zero-order valence-electron chi connectivity index (χ0n) is 13.5. The van der Waals surface area contributed by atoms with Crippen LogP contribution in [0.2, 0.25) is 0 Å². The first-order chi connectivity index (χ1) is 12.2. The highest BCUT2D eigenvalue weighted by Gasteiger charge is 2.37. The fraction of sp³-hybridized carbons (Fsp3) is 0.200. The number of hydrogen-bond acceptors (Lipinski definition) is 3. The molecule has 0 spiro atoms. The molecule has 1 aliphatic heterocycles. The van der Waals surface area contributed by atoms with Gasteiger partial charge >= 0.3 is 0 Å². The Labute approximate surface area is 144 Å². The summed E-state index contributed by atoms with van der Waals surface area (Å²) in [4.78, 5) is 17.4. The minimum atomic E-state index is -0.479. The summed E-state index contributed by atoms with van der Waals surface area (Å²) in [5, 5.41) is 3.33. The normalized spacial score (nSPS) is 19.6. The van der Waals surface area contributed by atoms with E-state index in [9.17, 15) is 9.18 Å². The van der Waals surface area contributed by atoms with Crippen molar-refractivity contribution >= 4 is 22.8 Å². The number of rotatable bonds is 1. The lowest BCUT2D eigenvalue weighted by molar-refractivity contribution is -0.116. The molecule has 5 rings (SSSR count). The number of nitrogens with zero attached hydrogens (tertiary/aromatic N) is 2. The van der Waals surface area contributed by atoms with Gasteiger partial charge in [-0.2, -0.15) is 0 Å². The zero-order valence-corrected chi connectivity index (χ0v) is 13.5. The number of aromatic nitrogens is 2.